The Morgan fingerprint density at radius 3 is 1.88 bits per heavy atom. The lowest BCUT2D eigenvalue weighted by Gasteiger charge is -2.29. The zero-order valence-electron chi connectivity index (χ0n) is 27.6. The monoisotopic (exact) mass is 666 g/mol. The van der Waals surface area contributed by atoms with Crippen molar-refractivity contribution in [1.29, 1.82) is 0 Å². The topological polar surface area (TPSA) is 8.17 Å². The Labute approximate surface area is 298 Å². The van der Waals surface area contributed by atoms with Crippen LogP contribution in [-0.2, 0) is 0 Å². The second kappa shape index (κ2) is 11.0. The van der Waals surface area contributed by atoms with Gasteiger partial charge in [-0.25, -0.2) is 0 Å². The van der Waals surface area contributed by atoms with Crippen LogP contribution < -0.4 is 4.90 Å². The highest BCUT2D eigenvalue weighted by Crippen LogP contribution is 2.50. The van der Waals surface area contributed by atoms with Crippen molar-refractivity contribution in [3.63, 3.8) is 0 Å². The van der Waals surface area contributed by atoms with Gasteiger partial charge in [0.05, 0.1) is 32.8 Å². The highest BCUT2D eigenvalue weighted by Gasteiger charge is 2.25. The van der Waals surface area contributed by atoms with Gasteiger partial charge in [0, 0.05) is 37.3 Å². The van der Waals surface area contributed by atoms with Crippen molar-refractivity contribution in [3.05, 3.63) is 182 Å². The Morgan fingerprint density at radius 2 is 1.02 bits per heavy atom. The molecule has 0 aliphatic carbocycles. The predicted molar refractivity (Wildman–Crippen MR) is 221 cm³/mol. The quantitative estimate of drug-likeness (QED) is 0.170. The molecule has 0 amide bonds. The van der Waals surface area contributed by atoms with E-state index in [1.807, 2.05) is 11.3 Å². The molecule has 0 N–H and O–H groups in total. The van der Waals surface area contributed by atoms with Gasteiger partial charge in [-0.3, -0.25) is 0 Å². The summed E-state index contributed by atoms with van der Waals surface area (Å²) in [6, 6.07) is 66.8. The third kappa shape index (κ3) is 4.16. The van der Waals surface area contributed by atoms with Crippen LogP contribution in [0.3, 0.4) is 0 Å². The minimum absolute atomic E-state index is 1.14. The van der Waals surface area contributed by atoms with Gasteiger partial charge in [0.25, 0.3) is 0 Å². The number of fused-ring (bicyclic) bond motifs is 11. The van der Waals surface area contributed by atoms with Crippen molar-refractivity contribution in [1.82, 2.24) is 4.57 Å². The summed E-state index contributed by atoms with van der Waals surface area (Å²) in [6.45, 7) is 0. The highest BCUT2D eigenvalue weighted by atomic mass is 32.1. The molecular formula is C48H30N2S. The molecule has 0 atom stereocenters. The molecule has 2 heterocycles. The van der Waals surface area contributed by atoms with Crippen LogP contribution in [0.15, 0.2) is 182 Å². The van der Waals surface area contributed by atoms with Crippen molar-refractivity contribution in [2.24, 2.45) is 0 Å². The Hall–Kier alpha value is -6.42. The second-order valence-electron chi connectivity index (χ2n) is 13.3. The van der Waals surface area contributed by atoms with E-state index in [4.69, 9.17) is 0 Å². The molecule has 2 aromatic heterocycles. The lowest BCUT2D eigenvalue weighted by molar-refractivity contribution is 1.17. The molecule has 2 nitrogen and oxygen atoms in total. The minimum atomic E-state index is 1.14. The molecule has 11 aromatic rings. The third-order valence-electron chi connectivity index (χ3n) is 10.5. The molecule has 3 heteroatoms. The van der Waals surface area contributed by atoms with Crippen LogP contribution in [0.25, 0.3) is 80.0 Å². The molecule has 9 aromatic carbocycles. The first-order valence-corrected chi connectivity index (χ1v) is 18.3. The van der Waals surface area contributed by atoms with Crippen molar-refractivity contribution in [2.75, 3.05) is 4.90 Å². The van der Waals surface area contributed by atoms with Gasteiger partial charge in [-0.2, -0.15) is 0 Å². The molecule has 0 saturated heterocycles. The van der Waals surface area contributed by atoms with E-state index < -0.39 is 0 Å². The molecule has 51 heavy (non-hydrogen) atoms. The lowest BCUT2D eigenvalue weighted by Crippen LogP contribution is -2.12. The summed E-state index contributed by atoms with van der Waals surface area (Å²) >= 11 is 1.88. The van der Waals surface area contributed by atoms with E-state index in [1.165, 1.54) is 80.0 Å². The van der Waals surface area contributed by atoms with Crippen molar-refractivity contribution >= 4 is 103 Å². The maximum Gasteiger partial charge on any atom is 0.0782 e. The van der Waals surface area contributed by atoms with Crippen molar-refractivity contribution < 1.29 is 0 Å². The fourth-order valence-corrected chi connectivity index (χ4v) is 9.57. The number of anilines is 3. The average molecular weight is 667 g/mol. The second-order valence-corrected chi connectivity index (χ2v) is 14.3. The van der Waals surface area contributed by atoms with E-state index in [9.17, 15) is 0 Å². The third-order valence-corrected chi connectivity index (χ3v) is 11.7. The van der Waals surface area contributed by atoms with Crippen LogP contribution in [-0.4, -0.2) is 4.57 Å². The fourth-order valence-electron chi connectivity index (χ4n) is 8.37. The van der Waals surface area contributed by atoms with Crippen molar-refractivity contribution in [3.8, 4) is 5.69 Å². The van der Waals surface area contributed by atoms with Gasteiger partial charge in [0.15, 0.2) is 0 Å². The number of aromatic nitrogens is 1. The fraction of sp³-hybridized carbons (Fsp3) is 0. The largest absolute Gasteiger partial charge is 0.307 e. The number of nitrogens with zero attached hydrogens (tertiary/aromatic N) is 2. The first kappa shape index (κ1) is 28.4. The van der Waals surface area contributed by atoms with Crippen molar-refractivity contribution in [2.45, 2.75) is 0 Å². The SMILES string of the molecule is c1ccc(-n2c3ccccc3c3cccc(N(c4cc5ccc6ccccc6c5c5ccccc45)c4cccc5c4sc4ccccc45)c32)cc1. The molecule has 0 radical (unpaired) electrons. The highest BCUT2D eigenvalue weighted by molar-refractivity contribution is 7.26. The standard InChI is InChI=1S/C48H30N2S/c1-2-15-33(16-3-1)49-41-24-10-8-19-36(41)39-22-12-25-42(47(39)49)50(43-26-13-23-40-37-20-9-11-27-45(37)51-48(40)43)44-30-32-29-28-31-14-4-5-17-34(31)46(32)38-21-7-6-18-35(38)44/h1-30H. The molecule has 11 rings (SSSR count). The summed E-state index contributed by atoms with van der Waals surface area (Å²) < 4.78 is 5.03. The molecule has 238 valence electrons. The van der Waals surface area contributed by atoms with Gasteiger partial charge < -0.3 is 9.47 Å². The van der Waals surface area contributed by atoms with Gasteiger partial charge in [-0.05, 0) is 69.4 Å². The van der Waals surface area contributed by atoms with Crippen LogP contribution in [0.2, 0.25) is 0 Å². The summed E-state index contributed by atoms with van der Waals surface area (Å²) in [4.78, 5) is 2.55. The number of para-hydroxylation sites is 3. The molecule has 0 spiro atoms. The normalized spacial score (nSPS) is 11.9. The van der Waals surface area contributed by atoms with E-state index >= 15 is 0 Å². The van der Waals surface area contributed by atoms with E-state index in [1.54, 1.807) is 0 Å². The van der Waals surface area contributed by atoms with Crippen LogP contribution in [0.1, 0.15) is 0 Å². The minimum Gasteiger partial charge on any atom is -0.307 e. The zero-order chi connectivity index (χ0) is 33.5. The van der Waals surface area contributed by atoms with Gasteiger partial charge >= 0.3 is 0 Å². The molecule has 0 saturated carbocycles. The number of thiophene rings is 1. The first-order valence-electron chi connectivity index (χ1n) is 17.4. The molecule has 0 aliphatic rings. The smallest absolute Gasteiger partial charge is 0.0782 e. The molecule has 0 unspecified atom stereocenters. The summed E-state index contributed by atoms with van der Waals surface area (Å²) in [5.41, 5.74) is 7.01. The average Bonchev–Trinajstić information content (AvgIpc) is 3.75. The van der Waals surface area contributed by atoms with E-state index in [2.05, 4.69) is 191 Å². The molecular weight excluding hydrogens is 637 g/mol. The van der Waals surface area contributed by atoms with Gasteiger partial charge in [0.1, 0.15) is 0 Å². The number of hydrogen-bond acceptors (Lipinski definition) is 2. The lowest BCUT2D eigenvalue weighted by atomic mass is 9.94. The Morgan fingerprint density at radius 1 is 0.392 bits per heavy atom. The van der Waals surface area contributed by atoms with Crippen LogP contribution in [0.4, 0.5) is 17.1 Å². The Balaban J connectivity index is 1.34. The van der Waals surface area contributed by atoms with Crippen LogP contribution in [0, 0.1) is 0 Å². The molecule has 0 bridgehead atoms. The van der Waals surface area contributed by atoms with Gasteiger partial charge in [-0.15, -0.1) is 11.3 Å². The molecule has 0 aliphatic heterocycles. The zero-order valence-corrected chi connectivity index (χ0v) is 28.4. The Kier molecular flexibility index (Phi) is 6.16. The predicted octanol–water partition coefficient (Wildman–Crippen LogP) is 14.1. The Bertz CT molecular complexity index is 3150. The summed E-state index contributed by atoms with van der Waals surface area (Å²) in [5.74, 6) is 0. The van der Waals surface area contributed by atoms with E-state index in [-0.39, 0.29) is 0 Å². The van der Waals surface area contributed by atoms with Gasteiger partial charge in [0.2, 0.25) is 0 Å². The molecule has 0 fully saturated rings. The van der Waals surface area contributed by atoms with Crippen LogP contribution in [0.5, 0.6) is 0 Å². The maximum absolute atomic E-state index is 2.55. The number of hydrogen-bond donors (Lipinski definition) is 0. The maximum atomic E-state index is 2.55. The first-order chi connectivity index (χ1) is 25.3. The number of benzene rings is 9. The number of rotatable bonds is 4. The van der Waals surface area contributed by atoms with E-state index in [0.29, 0.717) is 0 Å². The van der Waals surface area contributed by atoms with E-state index in [0.717, 1.165) is 17.1 Å². The van der Waals surface area contributed by atoms with Gasteiger partial charge in [-0.1, -0.05) is 140 Å². The summed E-state index contributed by atoms with van der Waals surface area (Å²) in [7, 11) is 0. The van der Waals surface area contributed by atoms with Crippen LogP contribution >= 0.6 is 11.3 Å². The summed E-state index contributed by atoms with van der Waals surface area (Å²) in [5, 5.41) is 12.6. The summed E-state index contributed by atoms with van der Waals surface area (Å²) in [6.07, 6.45) is 0.